The van der Waals surface area contributed by atoms with Crippen molar-refractivity contribution < 1.29 is 9.53 Å². The molecular weight excluding hydrogens is 274 g/mol. The largest absolute Gasteiger partial charge is 0.480 e. The predicted octanol–water partition coefficient (Wildman–Crippen LogP) is 3.78. The highest BCUT2D eigenvalue weighted by molar-refractivity contribution is 5.81. The van der Waals surface area contributed by atoms with Gasteiger partial charge >= 0.3 is 0 Å². The molecular formula is C19H23NO2. The summed E-state index contributed by atoms with van der Waals surface area (Å²) in [5.41, 5.74) is 3.32. The van der Waals surface area contributed by atoms with Crippen molar-refractivity contribution in [2.24, 2.45) is 0 Å². The van der Waals surface area contributed by atoms with Crippen LogP contribution in [0.15, 0.2) is 48.5 Å². The highest BCUT2D eigenvalue weighted by atomic mass is 16.5. The van der Waals surface area contributed by atoms with Crippen LogP contribution in [0.5, 0.6) is 5.75 Å². The normalized spacial score (nSPS) is 11.8. The van der Waals surface area contributed by atoms with Crippen molar-refractivity contribution in [1.29, 1.82) is 0 Å². The summed E-state index contributed by atoms with van der Waals surface area (Å²) in [5.74, 6) is 0.687. The molecule has 0 aliphatic carbocycles. The van der Waals surface area contributed by atoms with Crippen molar-refractivity contribution >= 4 is 5.91 Å². The Hall–Kier alpha value is -2.29. The summed E-state index contributed by atoms with van der Waals surface area (Å²) >= 11 is 0. The summed E-state index contributed by atoms with van der Waals surface area (Å²) in [5, 5.41) is 2.95. The Kier molecular flexibility index (Phi) is 5.59. The number of carbonyl (C=O) groups is 1. The van der Waals surface area contributed by atoms with Crippen LogP contribution in [-0.4, -0.2) is 12.0 Å². The van der Waals surface area contributed by atoms with E-state index in [4.69, 9.17) is 4.74 Å². The molecule has 0 saturated carbocycles. The Morgan fingerprint density at radius 3 is 2.59 bits per heavy atom. The third-order valence-electron chi connectivity index (χ3n) is 3.58. The van der Waals surface area contributed by atoms with Gasteiger partial charge in [0.05, 0.1) is 0 Å². The van der Waals surface area contributed by atoms with Crippen LogP contribution in [0.1, 0.15) is 30.0 Å². The fourth-order valence-electron chi connectivity index (χ4n) is 2.29. The number of aryl methyl sites for hydroxylation is 2. The molecule has 2 aromatic carbocycles. The molecule has 3 nitrogen and oxygen atoms in total. The highest BCUT2D eigenvalue weighted by Crippen LogP contribution is 2.18. The molecule has 0 unspecified atom stereocenters. The number of rotatable bonds is 6. The topological polar surface area (TPSA) is 38.3 Å². The SMILES string of the molecule is CC[C@@H](Oc1ccccc1C)C(=O)NCc1cccc(C)c1. The molecule has 0 bridgehead atoms. The second-order valence-corrected chi connectivity index (χ2v) is 5.49. The van der Waals surface area contributed by atoms with Crippen LogP contribution in [0, 0.1) is 13.8 Å². The Balaban J connectivity index is 1.96. The summed E-state index contributed by atoms with van der Waals surface area (Å²) in [6.07, 6.45) is 0.166. The quantitative estimate of drug-likeness (QED) is 0.881. The maximum atomic E-state index is 12.3. The average Bonchev–Trinajstić information content (AvgIpc) is 2.52. The van der Waals surface area contributed by atoms with Crippen molar-refractivity contribution in [2.45, 2.75) is 39.8 Å². The smallest absolute Gasteiger partial charge is 0.261 e. The van der Waals surface area contributed by atoms with Crippen LogP contribution in [-0.2, 0) is 11.3 Å². The number of nitrogens with one attached hydrogen (secondary N) is 1. The van der Waals surface area contributed by atoms with Gasteiger partial charge in [-0.1, -0.05) is 55.0 Å². The molecule has 116 valence electrons. The molecule has 0 heterocycles. The number of carbonyl (C=O) groups excluding carboxylic acids is 1. The third kappa shape index (κ3) is 4.35. The maximum Gasteiger partial charge on any atom is 0.261 e. The Morgan fingerprint density at radius 1 is 1.14 bits per heavy atom. The lowest BCUT2D eigenvalue weighted by atomic mass is 10.1. The number of benzene rings is 2. The zero-order valence-corrected chi connectivity index (χ0v) is 13.4. The van der Waals surface area contributed by atoms with E-state index in [1.807, 2.05) is 63.2 Å². The van der Waals surface area contributed by atoms with Gasteiger partial charge in [0.25, 0.3) is 5.91 Å². The van der Waals surface area contributed by atoms with Crippen LogP contribution < -0.4 is 10.1 Å². The van der Waals surface area contributed by atoms with E-state index >= 15 is 0 Å². The van der Waals surface area contributed by atoms with Gasteiger partial charge in [0, 0.05) is 6.54 Å². The second-order valence-electron chi connectivity index (χ2n) is 5.49. The zero-order chi connectivity index (χ0) is 15.9. The highest BCUT2D eigenvalue weighted by Gasteiger charge is 2.18. The maximum absolute atomic E-state index is 12.3. The summed E-state index contributed by atoms with van der Waals surface area (Å²) in [7, 11) is 0. The van der Waals surface area contributed by atoms with Crippen LogP contribution >= 0.6 is 0 Å². The lowest BCUT2D eigenvalue weighted by molar-refractivity contribution is -0.128. The van der Waals surface area contributed by atoms with Gasteiger partial charge in [-0.15, -0.1) is 0 Å². The van der Waals surface area contributed by atoms with Crippen LogP contribution in [0.4, 0.5) is 0 Å². The first kappa shape index (κ1) is 16.1. The lowest BCUT2D eigenvalue weighted by Crippen LogP contribution is -2.37. The van der Waals surface area contributed by atoms with Crippen molar-refractivity contribution in [3.05, 3.63) is 65.2 Å². The van der Waals surface area contributed by atoms with E-state index in [1.165, 1.54) is 5.56 Å². The van der Waals surface area contributed by atoms with Gasteiger partial charge < -0.3 is 10.1 Å². The van der Waals surface area contributed by atoms with E-state index in [1.54, 1.807) is 0 Å². The van der Waals surface area contributed by atoms with Crippen LogP contribution in [0.2, 0.25) is 0 Å². The summed E-state index contributed by atoms with van der Waals surface area (Å²) < 4.78 is 5.86. The van der Waals surface area contributed by atoms with Gasteiger partial charge in [0.1, 0.15) is 5.75 Å². The van der Waals surface area contributed by atoms with Crippen molar-refractivity contribution in [1.82, 2.24) is 5.32 Å². The molecule has 2 aromatic rings. The first-order chi connectivity index (χ1) is 10.6. The minimum absolute atomic E-state index is 0.0766. The molecule has 1 amide bonds. The van der Waals surface area contributed by atoms with E-state index in [0.717, 1.165) is 16.9 Å². The predicted molar refractivity (Wildman–Crippen MR) is 88.9 cm³/mol. The molecule has 1 atom stereocenters. The zero-order valence-electron chi connectivity index (χ0n) is 13.4. The minimum atomic E-state index is -0.467. The monoisotopic (exact) mass is 297 g/mol. The minimum Gasteiger partial charge on any atom is -0.480 e. The van der Waals surface area contributed by atoms with Gasteiger partial charge in [-0.25, -0.2) is 0 Å². The molecule has 0 aliphatic rings. The first-order valence-corrected chi connectivity index (χ1v) is 7.65. The molecule has 2 rings (SSSR count). The molecule has 1 N–H and O–H groups in total. The van der Waals surface area contributed by atoms with Crippen molar-refractivity contribution in [2.75, 3.05) is 0 Å². The van der Waals surface area contributed by atoms with Gasteiger partial charge in [0.15, 0.2) is 6.10 Å². The van der Waals surface area contributed by atoms with Crippen molar-refractivity contribution in [3.63, 3.8) is 0 Å². The van der Waals surface area contributed by atoms with Crippen molar-refractivity contribution in [3.8, 4) is 5.75 Å². The fourth-order valence-corrected chi connectivity index (χ4v) is 2.29. The molecule has 0 saturated heterocycles. The first-order valence-electron chi connectivity index (χ1n) is 7.65. The standard InChI is InChI=1S/C19H23NO2/c1-4-17(22-18-11-6-5-9-15(18)3)19(21)20-13-16-10-7-8-14(2)12-16/h5-12,17H,4,13H2,1-3H3,(H,20,21)/t17-/m1/s1. The number of hydrogen-bond donors (Lipinski definition) is 1. The second kappa shape index (κ2) is 7.64. The Labute approximate surface area is 132 Å². The van der Waals surface area contributed by atoms with Gasteiger partial charge in [-0.2, -0.15) is 0 Å². The summed E-state index contributed by atoms with van der Waals surface area (Å²) in [6.45, 7) is 6.50. The summed E-state index contributed by atoms with van der Waals surface area (Å²) in [4.78, 5) is 12.3. The van der Waals surface area contributed by atoms with E-state index in [0.29, 0.717) is 13.0 Å². The van der Waals surface area contributed by atoms with E-state index < -0.39 is 6.10 Å². The fraction of sp³-hybridized carbons (Fsp3) is 0.316. The van der Waals surface area contributed by atoms with Crippen LogP contribution in [0.25, 0.3) is 0 Å². The molecule has 0 spiro atoms. The molecule has 22 heavy (non-hydrogen) atoms. The molecule has 0 aliphatic heterocycles. The number of ether oxygens (including phenoxy) is 1. The van der Waals surface area contributed by atoms with Gasteiger partial charge in [-0.3, -0.25) is 4.79 Å². The molecule has 0 radical (unpaired) electrons. The number of hydrogen-bond acceptors (Lipinski definition) is 2. The summed E-state index contributed by atoms with van der Waals surface area (Å²) in [6, 6.07) is 15.9. The van der Waals surface area contributed by atoms with E-state index in [2.05, 4.69) is 11.4 Å². The number of para-hydroxylation sites is 1. The Morgan fingerprint density at radius 2 is 1.91 bits per heavy atom. The molecule has 0 aromatic heterocycles. The van der Waals surface area contributed by atoms with E-state index in [9.17, 15) is 4.79 Å². The van der Waals surface area contributed by atoms with E-state index in [-0.39, 0.29) is 5.91 Å². The van der Waals surface area contributed by atoms with Gasteiger partial charge in [-0.05, 0) is 37.5 Å². The number of amides is 1. The van der Waals surface area contributed by atoms with Gasteiger partial charge in [0.2, 0.25) is 0 Å². The van der Waals surface area contributed by atoms with Crippen LogP contribution in [0.3, 0.4) is 0 Å². The molecule has 0 fully saturated rings. The Bertz CT molecular complexity index is 637. The lowest BCUT2D eigenvalue weighted by Gasteiger charge is -2.18. The average molecular weight is 297 g/mol. The third-order valence-corrected chi connectivity index (χ3v) is 3.58. The molecule has 3 heteroatoms.